The number of hydrogen-bond acceptors (Lipinski definition) is 7. The van der Waals surface area contributed by atoms with E-state index in [1.165, 1.54) is 0 Å². The van der Waals surface area contributed by atoms with Crippen molar-refractivity contribution in [2.75, 3.05) is 13.2 Å². The molecule has 2 fully saturated rings. The van der Waals surface area contributed by atoms with Gasteiger partial charge in [-0.3, -0.25) is 0 Å². The van der Waals surface area contributed by atoms with E-state index in [4.69, 9.17) is 18.6 Å². The van der Waals surface area contributed by atoms with Gasteiger partial charge in [0.1, 0.15) is 11.7 Å². The van der Waals surface area contributed by atoms with Crippen molar-refractivity contribution in [2.24, 2.45) is 0 Å². The fraction of sp³-hybridized carbons (Fsp3) is 0.960. The molecular formula is C25H50N2O7SSi. The highest BCUT2D eigenvalue weighted by Gasteiger charge is 2.53. The predicted molar refractivity (Wildman–Crippen MR) is 144 cm³/mol. The zero-order chi connectivity index (χ0) is 28.1. The number of ether oxygens (including phenoxy) is 3. The summed E-state index contributed by atoms with van der Waals surface area (Å²) in [5.74, 6) is -0.874. The molecule has 0 aromatic heterocycles. The number of nitrogens with zero attached hydrogens (tertiary/aromatic N) is 1. The third-order valence-corrected chi connectivity index (χ3v) is 13.9. The number of hydrogen-bond donors (Lipinski definition) is 1. The van der Waals surface area contributed by atoms with Gasteiger partial charge in [0.25, 0.3) is 0 Å². The molecule has 0 bridgehead atoms. The molecule has 2 rings (SSSR count). The molecule has 212 valence electrons. The van der Waals surface area contributed by atoms with Crippen molar-refractivity contribution in [3.8, 4) is 0 Å². The van der Waals surface area contributed by atoms with Crippen molar-refractivity contribution in [1.29, 1.82) is 0 Å². The topological polar surface area (TPSA) is 103 Å². The number of likely N-dealkylation sites (tertiary alicyclic amines) is 1. The minimum atomic E-state index is -3.80. The average molecular weight is 551 g/mol. The molecule has 0 radical (unpaired) electrons. The average Bonchev–Trinajstić information content (AvgIpc) is 3.19. The fourth-order valence-corrected chi connectivity index (χ4v) is 6.41. The van der Waals surface area contributed by atoms with Crippen molar-refractivity contribution < 1.29 is 31.8 Å². The van der Waals surface area contributed by atoms with Gasteiger partial charge in [-0.05, 0) is 79.9 Å². The number of sulfonamides is 1. The van der Waals surface area contributed by atoms with Crippen LogP contribution in [0.4, 0.5) is 4.79 Å². The van der Waals surface area contributed by atoms with Gasteiger partial charge >= 0.3 is 6.09 Å². The molecule has 0 aromatic rings. The van der Waals surface area contributed by atoms with E-state index < -0.39 is 64.9 Å². The first-order valence-corrected chi connectivity index (χ1v) is 17.3. The maximum absolute atomic E-state index is 13.4. The van der Waals surface area contributed by atoms with E-state index in [0.29, 0.717) is 13.0 Å². The predicted octanol–water partition coefficient (Wildman–Crippen LogP) is 4.62. The lowest BCUT2D eigenvalue weighted by Crippen LogP contribution is -2.63. The Hall–Kier alpha value is -0.723. The monoisotopic (exact) mass is 550 g/mol. The Morgan fingerprint density at radius 1 is 1.08 bits per heavy atom. The standard InChI is InChI=1S/C25H50N2O7SSi/c1-22(2,3)33-21(28)27-15-14-17(34-36(12,13)24(7,8)9)20(27)19(18-16-31-25(10,11)32-18)26-35(29,30)23(4,5)6/h17-20,26H,14-16H2,1-13H3/t17-,18+,19+,20-/m1/s1. The third kappa shape index (κ3) is 7.44. The van der Waals surface area contributed by atoms with Gasteiger partial charge < -0.3 is 23.5 Å². The quantitative estimate of drug-likeness (QED) is 0.481. The maximum Gasteiger partial charge on any atom is 0.410 e. The van der Waals surface area contributed by atoms with Gasteiger partial charge in [0.05, 0.1) is 29.5 Å². The van der Waals surface area contributed by atoms with Crippen LogP contribution in [0.25, 0.3) is 0 Å². The van der Waals surface area contributed by atoms with Gasteiger partial charge in [0.15, 0.2) is 14.1 Å². The lowest BCUT2D eigenvalue weighted by atomic mass is 9.99. The minimum Gasteiger partial charge on any atom is -0.444 e. The smallest absolute Gasteiger partial charge is 0.410 e. The minimum absolute atomic E-state index is 0.0632. The van der Waals surface area contributed by atoms with Crippen LogP contribution in [-0.4, -0.2) is 81.3 Å². The molecule has 36 heavy (non-hydrogen) atoms. The van der Waals surface area contributed by atoms with Crippen molar-refractivity contribution in [2.45, 2.75) is 141 Å². The second-order valence-electron chi connectivity index (χ2n) is 14.0. The summed E-state index contributed by atoms with van der Waals surface area (Å²) < 4.78 is 53.3. The summed E-state index contributed by atoms with van der Waals surface area (Å²) in [6.07, 6.45) is -0.928. The Balaban J connectivity index is 2.58. The van der Waals surface area contributed by atoms with E-state index in [1.54, 1.807) is 39.5 Å². The van der Waals surface area contributed by atoms with Gasteiger partial charge in [-0.25, -0.2) is 17.9 Å². The SMILES string of the molecule is CC(C)(C)OC(=O)N1CC[C@@H](O[Si](C)(C)C(C)(C)C)[C@@H]1[C@@H](NS(=O)(=O)C(C)(C)C)[C@@H]1COC(C)(C)O1. The van der Waals surface area contributed by atoms with Gasteiger partial charge in [0.2, 0.25) is 10.0 Å². The number of carbonyl (C=O) groups excluding carboxylic acids is 1. The van der Waals surface area contributed by atoms with Crippen LogP contribution in [0, 0.1) is 0 Å². The van der Waals surface area contributed by atoms with Gasteiger partial charge in [-0.1, -0.05) is 20.8 Å². The van der Waals surface area contributed by atoms with Crippen molar-refractivity contribution >= 4 is 24.4 Å². The van der Waals surface area contributed by atoms with E-state index >= 15 is 0 Å². The summed E-state index contributed by atoms with van der Waals surface area (Å²) in [7, 11) is -6.06. The summed E-state index contributed by atoms with van der Waals surface area (Å²) in [6.45, 7) is 25.4. The Morgan fingerprint density at radius 3 is 2.06 bits per heavy atom. The number of nitrogens with one attached hydrogen (secondary N) is 1. The van der Waals surface area contributed by atoms with Crippen LogP contribution in [0.3, 0.4) is 0 Å². The summed E-state index contributed by atoms with van der Waals surface area (Å²) in [5.41, 5.74) is -0.699. The molecule has 11 heteroatoms. The molecule has 9 nitrogen and oxygen atoms in total. The van der Waals surface area contributed by atoms with Crippen LogP contribution in [0.5, 0.6) is 0 Å². The first kappa shape index (κ1) is 31.5. The fourth-order valence-electron chi connectivity index (χ4n) is 4.04. The summed E-state index contributed by atoms with van der Waals surface area (Å²) in [6, 6.07) is -1.42. The number of carbonyl (C=O) groups is 1. The molecular weight excluding hydrogens is 500 g/mol. The Bertz CT molecular complexity index is 901. The lowest BCUT2D eigenvalue weighted by molar-refractivity contribution is -0.143. The molecule has 1 amide bonds. The van der Waals surface area contributed by atoms with Crippen LogP contribution in [0.15, 0.2) is 0 Å². The normalized spacial score (nSPS) is 26.8. The van der Waals surface area contributed by atoms with E-state index in [9.17, 15) is 13.2 Å². The molecule has 0 aliphatic carbocycles. The summed E-state index contributed by atoms with van der Waals surface area (Å²) in [4.78, 5) is 15.0. The zero-order valence-electron chi connectivity index (χ0n) is 24.6. The molecule has 2 heterocycles. The summed E-state index contributed by atoms with van der Waals surface area (Å²) >= 11 is 0. The molecule has 4 atom stereocenters. The highest BCUT2D eigenvalue weighted by atomic mass is 32.2. The molecule has 0 spiro atoms. The van der Waals surface area contributed by atoms with Crippen LogP contribution in [0.2, 0.25) is 18.1 Å². The lowest BCUT2D eigenvalue weighted by Gasteiger charge is -2.43. The Morgan fingerprint density at radius 2 is 1.64 bits per heavy atom. The number of rotatable bonds is 6. The summed E-state index contributed by atoms with van der Waals surface area (Å²) in [5, 5.41) is -0.0632. The molecule has 2 aliphatic heterocycles. The Kier molecular flexibility index (Phi) is 8.84. The van der Waals surface area contributed by atoms with E-state index in [0.717, 1.165) is 0 Å². The van der Waals surface area contributed by atoms with E-state index in [2.05, 4.69) is 38.6 Å². The molecule has 1 N–H and O–H groups in total. The molecule has 0 saturated carbocycles. The molecule has 0 unspecified atom stereocenters. The van der Waals surface area contributed by atoms with Crippen LogP contribution in [-0.2, 0) is 28.7 Å². The number of amides is 1. The second kappa shape index (κ2) is 10.1. The highest BCUT2D eigenvalue weighted by Crippen LogP contribution is 2.41. The van der Waals surface area contributed by atoms with E-state index in [-0.39, 0.29) is 11.6 Å². The van der Waals surface area contributed by atoms with Crippen molar-refractivity contribution in [1.82, 2.24) is 9.62 Å². The van der Waals surface area contributed by atoms with Crippen molar-refractivity contribution in [3.63, 3.8) is 0 Å². The van der Waals surface area contributed by atoms with Gasteiger partial charge in [-0.2, -0.15) is 0 Å². The molecule has 2 aliphatic rings. The Labute approximate surface area is 220 Å². The zero-order valence-corrected chi connectivity index (χ0v) is 26.5. The molecule has 2 saturated heterocycles. The third-order valence-electron chi connectivity index (χ3n) is 7.17. The largest absolute Gasteiger partial charge is 0.444 e. The van der Waals surface area contributed by atoms with Gasteiger partial charge in [-0.15, -0.1) is 0 Å². The van der Waals surface area contributed by atoms with Crippen LogP contribution in [0.1, 0.15) is 82.6 Å². The molecule has 0 aromatic carbocycles. The van der Waals surface area contributed by atoms with Gasteiger partial charge in [0, 0.05) is 6.54 Å². The maximum atomic E-state index is 13.4. The van der Waals surface area contributed by atoms with Crippen LogP contribution >= 0.6 is 0 Å². The van der Waals surface area contributed by atoms with E-state index in [1.807, 2.05) is 20.8 Å². The first-order valence-electron chi connectivity index (χ1n) is 12.9. The first-order chi connectivity index (χ1) is 15.9. The van der Waals surface area contributed by atoms with Crippen LogP contribution < -0.4 is 4.72 Å². The highest BCUT2D eigenvalue weighted by molar-refractivity contribution is 7.90. The second-order valence-corrected chi connectivity index (χ2v) is 21.2. The van der Waals surface area contributed by atoms with Crippen molar-refractivity contribution in [3.05, 3.63) is 0 Å².